The van der Waals surface area contributed by atoms with Gasteiger partial charge in [0.1, 0.15) is 6.10 Å². The average molecular weight is 212 g/mol. The third-order valence-electron chi connectivity index (χ3n) is 2.35. The van der Waals surface area contributed by atoms with Crippen LogP contribution in [0.4, 0.5) is 0 Å². The molecular formula is C11H16O4. The Balaban J connectivity index is 2.56. The maximum Gasteiger partial charge on any atom is 0.313 e. The van der Waals surface area contributed by atoms with E-state index in [-0.39, 0.29) is 24.0 Å². The van der Waals surface area contributed by atoms with Gasteiger partial charge in [-0.05, 0) is 19.9 Å². The van der Waals surface area contributed by atoms with Crippen LogP contribution < -0.4 is 0 Å². The van der Waals surface area contributed by atoms with Crippen LogP contribution in [0.5, 0.6) is 0 Å². The molecule has 0 spiro atoms. The molecule has 1 aliphatic rings. The molecule has 84 valence electrons. The molecule has 0 aromatic carbocycles. The predicted octanol–water partition coefficient (Wildman–Crippen LogP) is 1.45. The maximum absolute atomic E-state index is 11.5. The first-order chi connectivity index (χ1) is 7.04. The van der Waals surface area contributed by atoms with Crippen molar-refractivity contribution in [1.82, 2.24) is 0 Å². The van der Waals surface area contributed by atoms with Gasteiger partial charge in [0, 0.05) is 13.3 Å². The quantitative estimate of drug-likeness (QED) is 0.525. The van der Waals surface area contributed by atoms with Crippen LogP contribution in [0.15, 0.2) is 11.6 Å². The molecular weight excluding hydrogens is 196 g/mol. The van der Waals surface area contributed by atoms with Crippen LogP contribution in [-0.4, -0.2) is 24.6 Å². The van der Waals surface area contributed by atoms with Crippen molar-refractivity contribution in [2.45, 2.75) is 33.3 Å². The van der Waals surface area contributed by atoms with E-state index in [1.54, 1.807) is 6.92 Å². The molecule has 0 radical (unpaired) electrons. The highest BCUT2D eigenvalue weighted by atomic mass is 16.5. The van der Waals surface area contributed by atoms with Crippen molar-refractivity contribution in [3.05, 3.63) is 11.6 Å². The fourth-order valence-electron chi connectivity index (χ4n) is 1.72. The predicted molar refractivity (Wildman–Crippen MR) is 54.1 cm³/mol. The third kappa shape index (κ3) is 3.08. The molecule has 0 fully saturated rings. The zero-order chi connectivity index (χ0) is 11.4. The largest absolute Gasteiger partial charge is 0.466 e. The topological polar surface area (TPSA) is 52.6 Å². The highest BCUT2D eigenvalue weighted by Gasteiger charge is 2.31. The van der Waals surface area contributed by atoms with E-state index in [1.165, 1.54) is 6.92 Å². The summed E-state index contributed by atoms with van der Waals surface area (Å²) in [5, 5.41) is 0. The SMILES string of the molecule is CCOC(=O)[C@H]1C[C@H](OC(C)=O)C=C1C. The van der Waals surface area contributed by atoms with E-state index in [2.05, 4.69) is 0 Å². The lowest BCUT2D eigenvalue weighted by Crippen LogP contribution is -2.20. The Hall–Kier alpha value is -1.32. The van der Waals surface area contributed by atoms with E-state index in [4.69, 9.17) is 9.47 Å². The second-order valence-corrected chi connectivity index (χ2v) is 3.60. The molecule has 0 bridgehead atoms. The Kier molecular flexibility index (Phi) is 3.88. The number of hydrogen-bond donors (Lipinski definition) is 0. The summed E-state index contributed by atoms with van der Waals surface area (Å²) in [5.41, 5.74) is 0.916. The summed E-state index contributed by atoms with van der Waals surface area (Å²) in [4.78, 5) is 22.2. The second-order valence-electron chi connectivity index (χ2n) is 3.60. The Morgan fingerprint density at radius 3 is 2.73 bits per heavy atom. The molecule has 1 aliphatic carbocycles. The van der Waals surface area contributed by atoms with Crippen LogP contribution in [-0.2, 0) is 19.1 Å². The molecule has 0 aromatic heterocycles. The highest BCUT2D eigenvalue weighted by Crippen LogP contribution is 2.28. The van der Waals surface area contributed by atoms with Gasteiger partial charge in [-0.2, -0.15) is 0 Å². The normalized spacial score (nSPS) is 24.6. The maximum atomic E-state index is 11.5. The summed E-state index contributed by atoms with van der Waals surface area (Å²) in [6.07, 6.45) is 2.03. The average Bonchev–Trinajstić information content (AvgIpc) is 2.46. The summed E-state index contributed by atoms with van der Waals surface area (Å²) < 4.78 is 9.95. The van der Waals surface area contributed by atoms with Gasteiger partial charge in [0.25, 0.3) is 0 Å². The van der Waals surface area contributed by atoms with Crippen molar-refractivity contribution in [3.8, 4) is 0 Å². The van der Waals surface area contributed by atoms with Gasteiger partial charge < -0.3 is 9.47 Å². The molecule has 0 N–H and O–H groups in total. The number of carbonyl (C=O) groups excluding carboxylic acids is 2. The Morgan fingerprint density at radius 1 is 1.53 bits per heavy atom. The molecule has 0 amide bonds. The minimum Gasteiger partial charge on any atom is -0.466 e. The first kappa shape index (κ1) is 11.8. The first-order valence-electron chi connectivity index (χ1n) is 5.06. The van der Waals surface area contributed by atoms with Crippen LogP contribution >= 0.6 is 0 Å². The monoisotopic (exact) mass is 212 g/mol. The van der Waals surface area contributed by atoms with Gasteiger partial charge in [-0.1, -0.05) is 5.57 Å². The van der Waals surface area contributed by atoms with Gasteiger partial charge >= 0.3 is 11.9 Å². The van der Waals surface area contributed by atoms with E-state index < -0.39 is 0 Å². The van der Waals surface area contributed by atoms with Crippen molar-refractivity contribution in [1.29, 1.82) is 0 Å². The van der Waals surface area contributed by atoms with Gasteiger partial charge in [-0.15, -0.1) is 0 Å². The summed E-state index contributed by atoms with van der Waals surface area (Å²) in [5.74, 6) is -0.816. The van der Waals surface area contributed by atoms with Gasteiger partial charge in [-0.3, -0.25) is 9.59 Å². The van der Waals surface area contributed by atoms with Gasteiger partial charge in [0.15, 0.2) is 0 Å². The standard InChI is InChI=1S/C11H16O4/c1-4-14-11(13)10-6-9(5-7(10)2)15-8(3)12/h5,9-10H,4,6H2,1-3H3/t9-,10+/m1/s1. The van der Waals surface area contributed by atoms with Crippen molar-refractivity contribution >= 4 is 11.9 Å². The molecule has 0 heterocycles. The molecule has 2 atom stereocenters. The Labute approximate surface area is 89.2 Å². The van der Waals surface area contributed by atoms with E-state index >= 15 is 0 Å². The van der Waals surface area contributed by atoms with Gasteiger partial charge in [-0.25, -0.2) is 0 Å². The van der Waals surface area contributed by atoms with Crippen LogP contribution in [0.25, 0.3) is 0 Å². The lowest BCUT2D eigenvalue weighted by Gasteiger charge is -2.12. The lowest BCUT2D eigenvalue weighted by atomic mass is 10.0. The zero-order valence-corrected chi connectivity index (χ0v) is 9.28. The van der Waals surface area contributed by atoms with E-state index in [9.17, 15) is 9.59 Å². The lowest BCUT2D eigenvalue weighted by molar-refractivity contribution is -0.150. The van der Waals surface area contributed by atoms with Crippen LogP contribution in [0.1, 0.15) is 27.2 Å². The molecule has 0 aliphatic heterocycles. The van der Waals surface area contributed by atoms with Crippen molar-refractivity contribution < 1.29 is 19.1 Å². The Morgan fingerprint density at radius 2 is 2.20 bits per heavy atom. The second kappa shape index (κ2) is 4.96. The van der Waals surface area contributed by atoms with Crippen molar-refractivity contribution in [2.24, 2.45) is 5.92 Å². The van der Waals surface area contributed by atoms with Crippen LogP contribution in [0, 0.1) is 5.92 Å². The first-order valence-corrected chi connectivity index (χ1v) is 5.06. The smallest absolute Gasteiger partial charge is 0.313 e. The van der Waals surface area contributed by atoms with E-state index in [0.717, 1.165) is 5.57 Å². The zero-order valence-electron chi connectivity index (χ0n) is 9.28. The number of rotatable bonds is 3. The van der Waals surface area contributed by atoms with Crippen LogP contribution in [0.3, 0.4) is 0 Å². The third-order valence-corrected chi connectivity index (χ3v) is 2.35. The van der Waals surface area contributed by atoms with Gasteiger partial charge in [0.05, 0.1) is 12.5 Å². The molecule has 4 nitrogen and oxygen atoms in total. The summed E-state index contributed by atoms with van der Waals surface area (Å²) in [7, 11) is 0. The molecule has 0 saturated heterocycles. The number of hydrogen-bond acceptors (Lipinski definition) is 4. The van der Waals surface area contributed by atoms with Crippen LogP contribution in [0.2, 0.25) is 0 Å². The minimum atomic E-state index is -0.325. The molecule has 0 aromatic rings. The fourth-order valence-corrected chi connectivity index (χ4v) is 1.72. The summed E-state index contributed by atoms with van der Waals surface area (Å²) >= 11 is 0. The molecule has 1 rings (SSSR count). The van der Waals surface area contributed by atoms with E-state index in [1.807, 2.05) is 13.0 Å². The highest BCUT2D eigenvalue weighted by molar-refractivity contribution is 5.77. The number of ether oxygens (including phenoxy) is 2. The summed E-state index contributed by atoms with van der Waals surface area (Å²) in [6.45, 7) is 5.36. The van der Waals surface area contributed by atoms with Gasteiger partial charge in [0.2, 0.25) is 0 Å². The minimum absolute atomic E-state index is 0.235. The summed E-state index contributed by atoms with van der Waals surface area (Å²) in [6, 6.07) is 0. The molecule has 0 saturated carbocycles. The molecule has 15 heavy (non-hydrogen) atoms. The number of esters is 2. The number of carbonyl (C=O) groups is 2. The Bertz CT molecular complexity index is 293. The van der Waals surface area contributed by atoms with Crippen molar-refractivity contribution in [3.63, 3.8) is 0 Å². The molecule has 0 unspecified atom stereocenters. The fraction of sp³-hybridized carbons (Fsp3) is 0.636. The molecule has 4 heteroatoms. The van der Waals surface area contributed by atoms with E-state index in [0.29, 0.717) is 13.0 Å². The van der Waals surface area contributed by atoms with Crippen molar-refractivity contribution in [2.75, 3.05) is 6.61 Å².